The average molecular weight is 429 g/mol. The van der Waals surface area contributed by atoms with E-state index in [0.29, 0.717) is 30.1 Å². The molecule has 0 spiro atoms. The van der Waals surface area contributed by atoms with Crippen molar-refractivity contribution in [2.75, 3.05) is 0 Å². The summed E-state index contributed by atoms with van der Waals surface area (Å²) in [6.07, 6.45) is 9.88. The Morgan fingerprint density at radius 3 is 2.52 bits per heavy atom. The van der Waals surface area contributed by atoms with E-state index in [9.17, 15) is 15.0 Å². The predicted octanol–water partition coefficient (Wildman–Crippen LogP) is 5.85. The number of carbonyl (C=O) groups is 1. The third-order valence-corrected chi connectivity index (χ3v) is 10.6. The predicted molar refractivity (Wildman–Crippen MR) is 125 cm³/mol. The van der Waals surface area contributed by atoms with Crippen molar-refractivity contribution < 1.29 is 15.0 Å². The van der Waals surface area contributed by atoms with Gasteiger partial charge in [0.05, 0.1) is 6.10 Å². The van der Waals surface area contributed by atoms with Crippen LogP contribution >= 0.6 is 0 Å². The molecule has 4 rings (SSSR count). The van der Waals surface area contributed by atoms with Gasteiger partial charge in [-0.2, -0.15) is 0 Å². The summed E-state index contributed by atoms with van der Waals surface area (Å²) in [5.41, 5.74) is 1.12. The van der Waals surface area contributed by atoms with E-state index in [1.165, 1.54) is 36.8 Å². The van der Waals surface area contributed by atoms with Crippen LogP contribution in [0.3, 0.4) is 0 Å². The highest BCUT2D eigenvalue weighted by Crippen LogP contribution is 2.67. The zero-order valence-electron chi connectivity index (χ0n) is 20.4. The van der Waals surface area contributed by atoms with Crippen LogP contribution in [-0.4, -0.2) is 27.7 Å². The van der Waals surface area contributed by atoms with Gasteiger partial charge < -0.3 is 10.2 Å². The van der Waals surface area contributed by atoms with Gasteiger partial charge in [0, 0.05) is 11.8 Å². The first-order valence-electron chi connectivity index (χ1n) is 12.8. The fourth-order valence-electron chi connectivity index (χ4n) is 8.23. The number of fused-ring (bicyclic) bond motifs is 5. The molecule has 31 heavy (non-hydrogen) atoms. The smallest absolute Gasteiger partial charge is 0.187 e. The van der Waals surface area contributed by atoms with E-state index in [1.807, 2.05) is 6.08 Å². The average Bonchev–Trinajstić information content (AvgIpc) is 3.05. The minimum absolute atomic E-state index is 0.144. The van der Waals surface area contributed by atoms with Crippen molar-refractivity contribution in [1.82, 2.24) is 0 Å². The number of carbonyl (C=O) groups excluding carboxylic acids is 1. The molecule has 174 valence electrons. The zero-order valence-corrected chi connectivity index (χ0v) is 20.4. The number of aliphatic hydroxyl groups excluding tert-OH is 1. The number of aliphatic hydroxyl groups is 2. The minimum atomic E-state index is -1.39. The summed E-state index contributed by atoms with van der Waals surface area (Å²) in [5, 5.41) is 21.7. The lowest BCUT2D eigenvalue weighted by molar-refractivity contribution is -0.180. The summed E-state index contributed by atoms with van der Waals surface area (Å²) >= 11 is 0. The maximum Gasteiger partial charge on any atom is 0.187 e. The lowest BCUT2D eigenvalue weighted by Gasteiger charge is -2.60. The van der Waals surface area contributed by atoms with Crippen molar-refractivity contribution in [2.24, 2.45) is 40.4 Å². The Balaban J connectivity index is 1.58. The largest absolute Gasteiger partial charge is 0.393 e. The summed E-state index contributed by atoms with van der Waals surface area (Å²) in [6.45, 7) is 15.8. The number of hydrogen-bond acceptors (Lipinski definition) is 3. The van der Waals surface area contributed by atoms with Gasteiger partial charge in [-0.15, -0.1) is 0 Å². The molecule has 0 unspecified atom stereocenters. The van der Waals surface area contributed by atoms with E-state index < -0.39 is 17.1 Å². The molecule has 3 saturated carbocycles. The van der Waals surface area contributed by atoms with Gasteiger partial charge in [-0.25, -0.2) is 0 Å². The van der Waals surface area contributed by atoms with Gasteiger partial charge in [0.2, 0.25) is 0 Å². The first kappa shape index (κ1) is 23.2. The Hall–Kier alpha value is -0.930. The van der Waals surface area contributed by atoms with Crippen molar-refractivity contribution >= 4 is 5.78 Å². The Morgan fingerprint density at radius 1 is 1.13 bits per heavy atom. The quantitative estimate of drug-likeness (QED) is 0.540. The third kappa shape index (κ3) is 3.41. The molecule has 0 aromatic heterocycles. The SMILES string of the molecule is C=C(CC[C@@H](C)[C@H]1CC[C@H]2C3=CC(=O)[C@@]4(O)C[C@@H](O)CC[C@]4(C)[C@H]3CC[C@]12C)C(C)C. The van der Waals surface area contributed by atoms with Gasteiger partial charge in [0.25, 0.3) is 0 Å². The molecule has 4 aliphatic rings. The molecule has 0 aromatic carbocycles. The van der Waals surface area contributed by atoms with Crippen LogP contribution in [0.1, 0.15) is 92.4 Å². The fraction of sp³-hybridized carbons (Fsp3) is 0.821. The summed E-state index contributed by atoms with van der Waals surface area (Å²) < 4.78 is 0. The Morgan fingerprint density at radius 2 is 1.84 bits per heavy atom. The second-order valence-electron chi connectivity index (χ2n) is 12.3. The normalized spacial score (nSPS) is 45.5. The van der Waals surface area contributed by atoms with Gasteiger partial charge in [-0.05, 0) is 92.4 Å². The van der Waals surface area contributed by atoms with Gasteiger partial charge >= 0.3 is 0 Å². The van der Waals surface area contributed by atoms with E-state index >= 15 is 0 Å². The number of ketones is 1. The highest BCUT2D eigenvalue weighted by atomic mass is 16.3. The Bertz CT molecular complexity index is 781. The van der Waals surface area contributed by atoms with E-state index in [4.69, 9.17) is 0 Å². The van der Waals surface area contributed by atoms with Crippen LogP contribution in [0.4, 0.5) is 0 Å². The molecule has 0 heterocycles. The van der Waals surface area contributed by atoms with Crippen LogP contribution in [0.5, 0.6) is 0 Å². The van der Waals surface area contributed by atoms with Crippen LogP contribution in [0.15, 0.2) is 23.8 Å². The van der Waals surface area contributed by atoms with Crippen LogP contribution in [-0.2, 0) is 4.79 Å². The maximum absolute atomic E-state index is 13.3. The minimum Gasteiger partial charge on any atom is -0.393 e. The topological polar surface area (TPSA) is 57.5 Å². The highest BCUT2D eigenvalue weighted by Gasteiger charge is 2.65. The van der Waals surface area contributed by atoms with Gasteiger partial charge in [0.15, 0.2) is 5.78 Å². The van der Waals surface area contributed by atoms with Gasteiger partial charge in [-0.1, -0.05) is 52.3 Å². The van der Waals surface area contributed by atoms with Crippen molar-refractivity contribution in [3.63, 3.8) is 0 Å². The lowest BCUT2D eigenvalue weighted by atomic mass is 9.46. The molecule has 3 heteroatoms. The lowest BCUT2D eigenvalue weighted by Crippen LogP contribution is -2.64. The standard InChI is InChI=1S/C28H44O3/c1-17(2)18(3)7-8-19(4)22-9-10-23-21-15-25(30)28(31)16-20(29)11-14-27(28,6)24(21)12-13-26(22,23)5/h15,17,19-20,22-24,29,31H,3,7-14,16H2,1-2,4-6H3/t19-,20+,22-,23+,24+,26-,27-,28+/m1/s1. The van der Waals surface area contributed by atoms with E-state index in [1.54, 1.807) is 0 Å². The molecular weight excluding hydrogens is 384 g/mol. The molecule has 3 nitrogen and oxygen atoms in total. The van der Waals surface area contributed by atoms with Crippen LogP contribution in [0, 0.1) is 40.4 Å². The molecule has 8 atom stereocenters. The fourth-order valence-corrected chi connectivity index (χ4v) is 8.23. The molecule has 0 amide bonds. The molecule has 0 aliphatic heterocycles. The summed E-state index contributed by atoms with van der Waals surface area (Å²) in [5.74, 6) is 2.51. The molecule has 0 aromatic rings. The van der Waals surface area contributed by atoms with Gasteiger partial charge in [-0.3, -0.25) is 4.79 Å². The third-order valence-electron chi connectivity index (χ3n) is 10.6. The first-order chi connectivity index (χ1) is 14.4. The first-order valence-corrected chi connectivity index (χ1v) is 12.8. The molecule has 0 saturated heterocycles. The summed E-state index contributed by atoms with van der Waals surface area (Å²) in [7, 11) is 0. The van der Waals surface area contributed by atoms with Crippen molar-refractivity contribution in [1.29, 1.82) is 0 Å². The highest BCUT2D eigenvalue weighted by molar-refractivity contribution is 5.99. The molecule has 0 bridgehead atoms. The summed E-state index contributed by atoms with van der Waals surface area (Å²) in [6, 6.07) is 0. The monoisotopic (exact) mass is 428 g/mol. The molecule has 2 N–H and O–H groups in total. The molecule has 4 aliphatic carbocycles. The second kappa shape index (κ2) is 7.83. The van der Waals surface area contributed by atoms with Crippen LogP contribution < -0.4 is 0 Å². The van der Waals surface area contributed by atoms with E-state index in [2.05, 4.69) is 41.2 Å². The second-order valence-corrected chi connectivity index (χ2v) is 12.3. The summed E-state index contributed by atoms with van der Waals surface area (Å²) in [4.78, 5) is 13.3. The maximum atomic E-state index is 13.3. The van der Waals surface area contributed by atoms with Gasteiger partial charge in [0.1, 0.15) is 5.60 Å². The molecule has 0 radical (unpaired) electrons. The molecular formula is C28H44O3. The zero-order chi connectivity index (χ0) is 22.8. The number of rotatable bonds is 5. The van der Waals surface area contributed by atoms with Crippen molar-refractivity contribution in [2.45, 2.75) is 104 Å². The number of allylic oxidation sites excluding steroid dienone is 2. The Kier molecular flexibility index (Phi) is 5.87. The van der Waals surface area contributed by atoms with Crippen LogP contribution in [0.2, 0.25) is 0 Å². The van der Waals surface area contributed by atoms with Crippen molar-refractivity contribution in [3.05, 3.63) is 23.8 Å². The van der Waals surface area contributed by atoms with E-state index in [0.717, 1.165) is 19.3 Å². The van der Waals surface area contributed by atoms with Crippen molar-refractivity contribution in [3.8, 4) is 0 Å². The Labute approximate surface area is 189 Å². The molecule has 3 fully saturated rings. The number of hydrogen-bond donors (Lipinski definition) is 2. The van der Waals surface area contributed by atoms with Crippen LogP contribution in [0.25, 0.3) is 0 Å². The van der Waals surface area contributed by atoms with E-state index in [-0.39, 0.29) is 23.5 Å².